The number of methoxy groups -OCH3 is 2. The van der Waals surface area contributed by atoms with E-state index in [1.807, 2.05) is 31.2 Å². The van der Waals surface area contributed by atoms with Crippen molar-refractivity contribution in [3.05, 3.63) is 42.2 Å². The Hall–Kier alpha value is -3.62. The molecular formula is C25H30N4O5. The molecule has 34 heavy (non-hydrogen) atoms. The summed E-state index contributed by atoms with van der Waals surface area (Å²) in [5.41, 5.74) is 2.49. The van der Waals surface area contributed by atoms with Gasteiger partial charge in [-0.3, -0.25) is 9.59 Å². The van der Waals surface area contributed by atoms with E-state index < -0.39 is 0 Å². The molecule has 1 amide bonds. The van der Waals surface area contributed by atoms with Crippen LogP contribution in [0.4, 0.5) is 0 Å². The van der Waals surface area contributed by atoms with E-state index in [2.05, 4.69) is 15.4 Å². The van der Waals surface area contributed by atoms with Crippen LogP contribution in [-0.2, 0) is 9.53 Å². The number of benzene rings is 1. The molecule has 1 fully saturated rings. The molecule has 1 N–H and O–H groups in total. The molecule has 0 bridgehead atoms. The third-order valence-corrected chi connectivity index (χ3v) is 6.11. The van der Waals surface area contributed by atoms with Gasteiger partial charge in [0, 0.05) is 23.9 Å². The van der Waals surface area contributed by atoms with Gasteiger partial charge in [-0.2, -0.15) is 5.10 Å². The minimum absolute atomic E-state index is 0.00539. The van der Waals surface area contributed by atoms with Crippen LogP contribution in [-0.4, -0.2) is 53.3 Å². The van der Waals surface area contributed by atoms with Gasteiger partial charge < -0.3 is 19.5 Å². The van der Waals surface area contributed by atoms with E-state index in [1.54, 1.807) is 31.0 Å². The van der Waals surface area contributed by atoms with Crippen molar-refractivity contribution in [3.63, 3.8) is 0 Å². The van der Waals surface area contributed by atoms with Gasteiger partial charge in [-0.25, -0.2) is 9.50 Å². The molecule has 2 aromatic heterocycles. The van der Waals surface area contributed by atoms with Gasteiger partial charge in [-0.05, 0) is 56.4 Å². The number of nitrogens with zero attached hydrogens (tertiary/aromatic N) is 3. The highest BCUT2D eigenvalue weighted by molar-refractivity contribution is 5.93. The van der Waals surface area contributed by atoms with E-state index in [0.29, 0.717) is 42.3 Å². The number of carbonyl (C=O) groups excluding carboxylic acids is 2. The molecule has 0 atom stereocenters. The molecule has 180 valence electrons. The van der Waals surface area contributed by atoms with Crippen molar-refractivity contribution < 1.29 is 23.8 Å². The van der Waals surface area contributed by atoms with Crippen LogP contribution < -0.4 is 14.8 Å². The Labute approximate surface area is 198 Å². The summed E-state index contributed by atoms with van der Waals surface area (Å²) in [5.74, 6) is 0.777. The number of amides is 1. The second-order valence-corrected chi connectivity index (χ2v) is 8.39. The molecule has 0 aliphatic heterocycles. The SMILES string of the molecule is CCCOC(=O)C1CCC(NC(=O)c2cc3nccc(-c4ccc(OC)c(OC)c4)n3n2)CC1. The second kappa shape index (κ2) is 10.5. The van der Waals surface area contributed by atoms with Crippen LogP contribution in [0.5, 0.6) is 11.5 Å². The van der Waals surface area contributed by atoms with Crippen molar-refractivity contribution in [2.75, 3.05) is 20.8 Å². The highest BCUT2D eigenvalue weighted by Gasteiger charge is 2.28. The van der Waals surface area contributed by atoms with Crippen LogP contribution in [0.2, 0.25) is 0 Å². The number of ether oxygens (including phenoxy) is 3. The van der Waals surface area contributed by atoms with Crippen LogP contribution in [0.25, 0.3) is 16.9 Å². The number of aromatic nitrogens is 3. The van der Waals surface area contributed by atoms with Crippen LogP contribution in [0.15, 0.2) is 36.5 Å². The first kappa shape index (κ1) is 23.5. The standard InChI is InChI=1S/C25H30N4O5/c1-4-13-34-25(31)16-5-8-18(9-6-16)27-24(30)19-15-23-26-12-11-20(29(23)28-19)17-7-10-21(32-2)22(14-17)33-3/h7,10-12,14-16,18H,4-6,8-9,13H2,1-3H3,(H,27,30). The molecule has 1 aliphatic carbocycles. The summed E-state index contributed by atoms with van der Waals surface area (Å²) in [6.45, 7) is 2.44. The van der Waals surface area contributed by atoms with Gasteiger partial charge in [0.2, 0.25) is 0 Å². The number of rotatable bonds is 8. The molecule has 2 heterocycles. The number of esters is 1. The lowest BCUT2D eigenvalue weighted by Gasteiger charge is -2.27. The molecule has 3 aromatic rings. The summed E-state index contributed by atoms with van der Waals surface area (Å²) in [4.78, 5) is 29.4. The van der Waals surface area contributed by atoms with Gasteiger partial charge in [0.15, 0.2) is 22.8 Å². The first-order valence-electron chi connectivity index (χ1n) is 11.6. The van der Waals surface area contributed by atoms with Crippen LogP contribution in [0.3, 0.4) is 0 Å². The molecular weight excluding hydrogens is 436 g/mol. The van der Waals surface area contributed by atoms with E-state index in [1.165, 1.54) is 0 Å². The molecule has 0 unspecified atom stereocenters. The second-order valence-electron chi connectivity index (χ2n) is 8.39. The Bertz CT molecular complexity index is 1170. The summed E-state index contributed by atoms with van der Waals surface area (Å²) in [5, 5.41) is 7.59. The van der Waals surface area contributed by atoms with Crippen molar-refractivity contribution in [2.24, 2.45) is 5.92 Å². The molecule has 0 spiro atoms. The average molecular weight is 467 g/mol. The summed E-state index contributed by atoms with van der Waals surface area (Å²) < 4.78 is 17.7. The van der Waals surface area contributed by atoms with E-state index in [-0.39, 0.29) is 23.8 Å². The van der Waals surface area contributed by atoms with Crippen LogP contribution in [0, 0.1) is 5.92 Å². The van der Waals surface area contributed by atoms with E-state index >= 15 is 0 Å². The van der Waals surface area contributed by atoms with Crippen molar-refractivity contribution in [3.8, 4) is 22.8 Å². The van der Waals surface area contributed by atoms with Gasteiger partial charge in [0.1, 0.15) is 0 Å². The average Bonchev–Trinajstić information content (AvgIpc) is 3.32. The lowest BCUT2D eigenvalue weighted by atomic mass is 9.86. The summed E-state index contributed by atoms with van der Waals surface area (Å²) in [6, 6.07) is 9.10. The zero-order valence-electron chi connectivity index (χ0n) is 19.7. The molecule has 9 heteroatoms. The zero-order valence-corrected chi connectivity index (χ0v) is 19.7. The monoisotopic (exact) mass is 466 g/mol. The molecule has 4 rings (SSSR count). The fourth-order valence-electron chi connectivity index (χ4n) is 4.27. The van der Waals surface area contributed by atoms with Crippen molar-refractivity contribution in [2.45, 2.75) is 45.1 Å². The number of hydrogen-bond acceptors (Lipinski definition) is 7. The number of fused-ring (bicyclic) bond motifs is 1. The predicted octanol–water partition coefficient (Wildman–Crippen LogP) is 3.66. The molecule has 0 radical (unpaired) electrons. The van der Waals surface area contributed by atoms with E-state index in [9.17, 15) is 9.59 Å². The predicted molar refractivity (Wildman–Crippen MR) is 126 cm³/mol. The van der Waals surface area contributed by atoms with Crippen LogP contribution >= 0.6 is 0 Å². The lowest BCUT2D eigenvalue weighted by molar-refractivity contribution is -0.149. The Morgan fingerprint density at radius 1 is 1.06 bits per heavy atom. The maximum absolute atomic E-state index is 12.9. The number of carbonyl (C=O) groups is 2. The van der Waals surface area contributed by atoms with E-state index in [0.717, 1.165) is 30.5 Å². The van der Waals surface area contributed by atoms with Crippen molar-refractivity contribution in [1.82, 2.24) is 19.9 Å². The quantitative estimate of drug-likeness (QED) is 0.505. The van der Waals surface area contributed by atoms with Crippen molar-refractivity contribution >= 4 is 17.5 Å². The number of hydrogen-bond donors (Lipinski definition) is 1. The molecule has 9 nitrogen and oxygen atoms in total. The maximum atomic E-state index is 12.9. The summed E-state index contributed by atoms with van der Waals surface area (Å²) >= 11 is 0. The zero-order chi connectivity index (χ0) is 24.1. The fourth-order valence-corrected chi connectivity index (χ4v) is 4.27. The van der Waals surface area contributed by atoms with Gasteiger partial charge in [0.25, 0.3) is 5.91 Å². The Kier molecular flexibility index (Phi) is 7.30. The minimum Gasteiger partial charge on any atom is -0.493 e. The Balaban J connectivity index is 1.47. The summed E-state index contributed by atoms with van der Waals surface area (Å²) in [7, 11) is 3.17. The molecule has 0 saturated heterocycles. The number of nitrogens with one attached hydrogen (secondary N) is 1. The maximum Gasteiger partial charge on any atom is 0.308 e. The van der Waals surface area contributed by atoms with Crippen molar-refractivity contribution in [1.29, 1.82) is 0 Å². The fraction of sp³-hybridized carbons (Fsp3) is 0.440. The topological polar surface area (TPSA) is 104 Å². The first-order valence-corrected chi connectivity index (χ1v) is 11.6. The molecule has 1 aliphatic rings. The third kappa shape index (κ3) is 4.98. The summed E-state index contributed by atoms with van der Waals surface area (Å²) in [6.07, 6.45) is 5.40. The third-order valence-electron chi connectivity index (χ3n) is 6.11. The minimum atomic E-state index is -0.249. The highest BCUT2D eigenvalue weighted by atomic mass is 16.5. The lowest BCUT2D eigenvalue weighted by Crippen LogP contribution is -2.39. The first-order chi connectivity index (χ1) is 16.5. The molecule has 1 saturated carbocycles. The van der Waals surface area contributed by atoms with Crippen LogP contribution in [0.1, 0.15) is 49.5 Å². The smallest absolute Gasteiger partial charge is 0.308 e. The van der Waals surface area contributed by atoms with Gasteiger partial charge >= 0.3 is 5.97 Å². The Morgan fingerprint density at radius 2 is 1.82 bits per heavy atom. The van der Waals surface area contributed by atoms with Gasteiger partial charge in [-0.15, -0.1) is 0 Å². The Morgan fingerprint density at radius 3 is 2.53 bits per heavy atom. The molecule has 1 aromatic carbocycles. The normalized spacial score (nSPS) is 17.9. The van der Waals surface area contributed by atoms with Gasteiger partial charge in [-0.1, -0.05) is 6.92 Å². The van der Waals surface area contributed by atoms with E-state index in [4.69, 9.17) is 14.2 Å². The largest absolute Gasteiger partial charge is 0.493 e. The highest BCUT2D eigenvalue weighted by Crippen LogP contribution is 2.32. The van der Waals surface area contributed by atoms with Gasteiger partial charge in [0.05, 0.1) is 32.4 Å².